The molecule has 1 aliphatic carbocycles. The number of nitrogens with zero attached hydrogens (tertiary/aromatic N) is 1. The molecular formula is C17H30N2S. The lowest BCUT2D eigenvalue weighted by atomic mass is 9.81. The quantitative estimate of drug-likeness (QED) is 0.819. The van der Waals surface area contributed by atoms with Crippen LogP contribution in [-0.2, 0) is 13.0 Å². The minimum absolute atomic E-state index is 0.691. The molecule has 0 bridgehead atoms. The molecule has 1 aromatic rings. The summed E-state index contributed by atoms with van der Waals surface area (Å²) in [6.45, 7) is 7.88. The second-order valence-corrected chi connectivity index (χ2v) is 7.79. The Labute approximate surface area is 128 Å². The first kappa shape index (κ1) is 16.0. The van der Waals surface area contributed by atoms with Gasteiger partial charge in [0.2, 0.25) is 0 Å². The summed E-state index contributed by atoms with van der Waals surface area (Å²) >= 11 is 1.97. The number of hydrogen-bond donors (Lipinski definition) is 1. The molecule has 1 N–H and O–H groups in total. The molecule has 1 aromatic heterocycles. The van der Waals surface area contributed by atoms with E-state index >= 15 is 0 Å². The van der Waals surface area contributed by atoms with Gasteiger partial charge in [-0.25, -0.2) is 4.98 Å². The molecule has 0 aliphatic heterocycles. The third kappa shape index (κ3) is 4.05. The van der Waals surface area contributed by atoms with Crippen LogP contribution in [0.25, 0.3) is 0 Å². The summed E-state index contributed by atoms with van der Waals surface area (Å²) in [7, 11) is 2.03. The van der Waals surface area contributed by atoms with Crippen molar-refractivity contribution in [3.05, 3.63) is 15.6 Å². The maximum absolute atomic E-state index is 5.02. The topological polar surface area (TPSA) is 24.9 Å². The molecule has 1 heterocycles. The largest absolute Gasteiger partial charge is 0.315 e. The van der Waals surface area contributed by atoms with Crippen LogP contribution in [0.15, 0.2) is 0 Å². The Morgan fingerprint density at radius 1 is 1.25 bits per heavy atom. The summed E-state index contributed by atoms with van der Waals surface area (Å²) in [5.41, 5.74) is 1.35. The van der Waals surface area contributed by atoms with E-state index < -0.39 is 0 Å². The van der Waals surface area contributed by atoms with E-state index in [4.69, 9.17) is 4.98 Å². The molecule has 2 rings (SSSR count). The zero-order valence-corrected chi connectivity index (χ0v) is 14.4. The second-order valence-electron chi connectivity index (χ2n) is 6.68. The molecular weight excluding hydrogens is 264 g/mol. The lowest BCUT2D eigenvalue weighted by Crippen LogP contribution is -2.12. The first-order chi connectivity index (χ1) is 9.63. The van der Waals surface area contributed by atoms with E-state index in [9.17, 15) is 0 Å². The minimum atomic E-state index is 0.691. The molecule has 1 fully saturated rings. The van der Waals surface area contributed by atoms with Crippen LogP contribution in [0.2, 0.25) is 0 Å². The van der Waals surface area contributed by atoms with Crippen molar-refractivity contribution < 1.29 is 0 Å². The fraction of sp³-hybridized carbons (Fsp3) is 0.824. The summed E-state index contributed by atoms with van der Waals surface area (Å²) in [6.07, 6.45) is 7.99. The lowest BCUT2D eigenvalue weighted by Gasteiger charge is -2.26. The lowest BCUT2D eigenvalue weighted by molar-refractivity contribution is 0.318. The highest BCUT2D eigenvalue weighted by molar-refractivity contribution is 7.11. The predicted molar refractivity (Wildman–Crippen MR) is 88.4 cm³/mol. The maximum Gasteiger partial charge on any atom is 0.0962 e. The smallest absolute Gasteiger partial charge is 0.0962 e. The number of nitrogens with one attached hydrogen (secondary N) is 1. The van der Waals surface area contributed by atoms with Crippen molar-refractivity contribution in [3.63, 3.8) is 0 Å². The van der Waals surface area contributed by atoms with Crippen molar-refractivity contribution in [2.24, 2.45) is 11.8 Å². The van der Waals surface area contributed by atoms with Crippen LogP contribution in [-0.4, -0.2) is 12.0 Å². The van der Waals surface area contributed by atoms with Gasteiger partial charge in [0.1, 0.15) is 0 Å². The van der Waals surface area contributed by atoms with Gasteiger partial charge in [-0.2, -0.15) is 0 Å². The molecule has 1 aliphatic rings. The summed E-state index contributed by atoms with van der Waals surface area (Å²) < 4.78 is 0. The van der Waals surface area contributed by atoms with Gasteiger partial charge in [-0.1, -0.05) is 27.2 Å². The molecule has 0 aromatic carbocycles. The standard InChI is InChI=1S/C17H30N2S/c1-5-13-6-8-14(9-7-13)17-19-15(10-12(2)3)16(20-17)11-18-4/h12-14,18H,5-11H2,1-4H3. The van der Waals surface area contributed by atoms with E-state index in [2.05, 4.69) is 26.1 Å². The van der Waals surface area contributed by atoms with Crippen LogP contribution in [0.4, 0.5) is 0 Å². The molecule has 114 valence electrons. The molecule has 2 nitrogen and oxygen atoms in total. The van der Waals surface area contributed by atoms with Gasteiger partial charge in [0.05, 0.1) is 10.7 Å². The SMILES string of the molecule is CCC1CCC(c2nc(CC(C)C)c(CNC)s2)CC1. The van der Waals surface area contributed by atoms with Crippen LogP contribution >= 0.6 is 11.3 Å². The average Bonchev–Trinajstić information content (AvgIpc) is 2.82. The monoisotopic (exact) mass is 294 g/mol. The van der Waals surface area contributed by atoms with Crippen LogP contribution in [0.3, 0.4) is 0 Å². The van der Waals surface area contributed by atoms with E-state index in [1.54, 1.807) is 0 Å². The Kier molecular flexibility index (Phi) is 6.03. The van der Waals surface area contributed by atoms with Gasteiger partial charge in [0, 0.05) is 17.3 Å². The number of rotatable bonds is 6. The van der Waals surface area contributed by atoms with Gasteiger partial charge in [-0.05, 0) is 51.0 Å². The normalized spacial score (nSPS) is 23.4. The highest BCUT2D eigenvalue weighted by Crippen LogP contribution is 2.39. The van der Waals surface area contributed by atoms with Crippen molar-refractivity contribution in [1.29, 1.82) is 0 Å². The van der Waals surface area contributed by atoms with Gasteiger partial charge in [-0.3, -0.25) is 0 Å². The fourth-order valence-corrected chi connectivity index (χ4v) is 4.51. The Hall–Kier alpha value is -0.410. The predicted octanol–water partition coefficient (Wildman–Crippen LogP) is 4.74. The molecule has 20 heavy (non-hydrogen) atoms. The third-order valence-electron chi connectivity index (χ3n) is 4.51. The Morgan fingerprint density at radius 2 is 1.95 bits per heavy atom. The van der Waals surface area contributed by atoms with Gasteiger partial charge >= 0.3 is 0 Å². The van der Waals surface area contributed by atoms with Crippen molar-refractivity contribution in [3.8, 4) is 0 Å². The van der Waals surface area contributed by atoms with Gasteiger partial charge in [0.15, 0.2) is 0 Å². The molecule has 0 saturated heterocycles. The van der Waals surface area contributed by atoms with Crippen molar-refractivity contribution in [2.45, 2.75) is 71.8 Å². The molecule has 3 heteroatoms. The Bertz CT molecular complexity index is 403. The van der Waals surface area contributed by atoms with Crippen molar-refractivity contribution in [1.82, 2.24) is 10.3 Å². The molecule has 1 saturated carbocycles. The molecule has 0 radical (unpaired) electrons. The summed E-state index contributed by atoms with van der Waals surface area (Å²) in [5.74, 6) is 2.40. The summed E-state index contributed by atoms with van der Waals surface area (Å²) in [5, 5.41) is 4.72. The number of hydrogen-bond acceptors (Lipinski definition) is 3. The van der Waals surface area contributed by atoms with Crippen LogP contribution < -0.4 is 5.32 Å². The number of aromatic nitrogens is 1. The van der Waals surface area contributed by atoms with Crippen LogP contribution in [0.1, 0.15) is 74.4 Å². The maximum atomic E-state index is 5.02. The molecule has 0 unspecified atom stereocenters. The second kappa shape index (κ2) is 7.56. The average molecular weight is 295 g/mol. The Morgan fingerprint density at radius 3 is 2.50 bits per heavy atom. The minimum Gasteiger partial charge on any atom is -0.315 e. The molecule has 0 spiro atoms. The highest BCUT2D eigenvalue weighted by Gasteiger charge is 2.25. The first-order valence-corrected chi connectivity index (χ1v) is 9.08. The zero-order chi connectivity index (χ0) is 14.5. The van der Waals surface area contributed by atoms with E-state index in [0.717, 1.165) is 24.8 Å². The summed E-state index contributed by atoms with van der Waals surface area (Å²) in [6, 6.07) is 0. The highest BCUT2D eigenvalue weighted by atomic mass is 32.1. The van der Waals surface area contributed by atoms with Crippen molar-refractivity contribution in [2.75, 3.05) is 7.05 Å². The van der Waals surface area contributed by atoms with E-state index in [0.29, 0.717) is 5.92 Å². The van der Waals surface area contributed by atoms with E-state index in [-0.39, 0.29) is 0 Å². The van der Waals surface area contributed by atoms with Crippen LogP contribution in [0, 0.1) is 11.8 Å². The van der Waals surface area contributed by atoms with Gasteiger partial charge in [-0.15, -0.1) is 11.3 Å². The fourth-order valence-electron chi connectivity index (χ4n) is 3.24. The Balaban J connectivity index is 2.08. The number of thiazole rings is 1. The molecule has 0 amide bonds. The summed E-state index contributed by atoms with van der Waals surface area (Å²) in [4.78, 5) is 6.49. The van der Waals surface area contributed by atoms with Gasteiger partial charge < -0.3 is 5.32 Å². The third-order valence-corrected chi connectivity index (χ3v) is 5.77. The molecule has 0 atom stereocenters. The zero-order valence-electron chi connectivity index (χ0n) is 13.5. The van der Waals surface area contributed by atoms with Crippen molar-refractivity contribution >= 4 is 11.3 Å². The van der Waals surface area contributed by atoms with E-state index in [1.807, 2.05) is 18.4 Å². The first-order valence-electron chi connectivity index (χ1n) is 8.27. The van der Waals surface area contributed by atoms with E-state index in [1.165, 1.54) is 47.7 Å². The van der Waals surface area contributed by atoms with Gasteiger partial charge in [0.25, 0.3) is 0 Å². The van der Waals surface area contributed by atoms with Crippen LogP contribution in [0.5, 0.6) is 0 Å².